The second-order valence-corrected chi connectivity index (χ2v) is 8.89. The molecule has 198 valence electrons. The van der Waals surface area contributed by atoms with Gasteiger partial charge in [0.25, 0.3) is 0 Å². The van der Waals surface area contributed by atoms with Crippen molar-refractivity contribution in [1.29, 1.82) is 5.26 Å². The number of fused-ring (bicyclic) bond motifs is 1. The lowest BCUT2D eigenvalue weighted by Gasteiger charge is -2.12. The fourth-order valence-electron chi connectivity index (χ4n) is 3.68. The minimum atomic E-state index is -4.41. The monoisotopic (exact) mass is 523 g/mol. The molecule has 1 aromatic carbocycles. The molecule has 4 rings (SSSR count). The molecule has 0 bridgehead atoms. The van der Waals surface area contributed by atoms with Crippen LogP contribution in [0, 0.1) is 11.3 Å². The quantitative estimate of drug-likeness (QED) is 0.255. The third-order valence-electron chi connectivity index (χ3n) is 5.67. The van der Waals surface area contributed by atoms with Crippen molar-refractivity contribution < 1.29 is 13.2 Å². The van der Waals surface area contributed by atoms with Crippen molar-refractivity contribution in [2.45, 2.75) is 12.7 Å². The first-order chi connectivity index (χ1) is 18.2. The third kappa shape index (κ3) is 6.96. The molecule has 0 saturated carbocycles. The Morgan fingerprint density at radius 3 is 2.45 bits per heavy atom. The average Bonchev–Trinajstić information content (AvgIpc) is 3.32. The van der Waals surface area contributed by atoms with Crippen molar-refractivity contribution >= 4 is 17.2 Å². The number of hydrogen-bond acceptors (Lipinski definition) is 8. The second-order valence-electron chi connectivity index (χ2n) is 8.89. The number of pyridine rings is 1. The van der Waals surface area contributed by atoms with Gasteiger partial charge in [0.15, 0.2) is 5.82 Å². The molecule has 12 heteroatoms. The summed E-state index contributed by atoms with van der Waals surface area (Å²) in [7, 11) is 4.01. The molecule has 3 heterocycles. The van der Waals surface area contributed by atoms with Crippen molar-refractivity contribution in [3.8, 4) is 17.3 Å². The predicted molar refractivity (Wildman–Crippen MR) is 140 cm³/mol. The number of likely N-dealkylation sites (N-methyl/N-ethyl adjacent to an activating group) is 1. The maximum absolute atomic E-state index is 13.0. The van der Waals surface area contributed by atoms with Gasteiger partial charge in [-0.3, -0.25) is 0 Å². The van der Waals surface area contributed by atoms with Gasteiger partial charge in [0.05, 0.1) is 28.7 Å². The Kier molecular flexibility index (Phi) is 8.40. The van der Waals surface area contributed by atoms with E-state index in [-0.39, 0.29) is 0 Å². The van der Waals surface area contributed by atoms with Crippen molar-refractivity contribution in [2.75, 3.05) is 50.9 Å². The van der Waals surface area contributed by atoms with E-state index in [0.29, 0.717) is 48.1 Å². The number of hydrogen-bond donors (Lipinski definition) is 3. The smallest absolute Gasteiger partial charge is 0.368 e. The fraction of sp³-hybridized carbons (Fsp3) is 0.308. The van der Waals surface area contributed by atoms with Crippen molar-refractivity contribution in [3.63, 3.8) is 0 Å². The number of halogens is 3. The molecule has 9 nitrogen and oxygen atoms in total. The molecule has 3 N–H and O–H groups in total. The van der Waals surface area contributed by atoms with Gasteiger partial charge in [-0.05, 0) is 44.4 Å². The van der Waals surface area contributed by atoms with E-state index >= 15 is 0 Å². The van der Waals surface area contributed by atoms with Gasteiger partial charge in [-0.15, -0.1) is 0 Å². The molecular weight excluding hydrogens is 495 g/mol. The zero-order chi connectivity index (χ0) is 27.1. The molecule has 0 unspecified atom stereocenters. The van der Waals surface area contributed by atoms with Crippen molar-refractivity contribution in [3.05, 3.63) is 71.7 Å². The summed E-state index contributed by atoms with van der Waals surface area (Å²) in [6.45, 7) is 3.26. The molecule has 0 spiro atoms. The molecule has 0 radical (unpaired) electrons. The molecular formula is C26H28F3N9. The molecule has 0 aliphatic carbocycles. The standard InChI is InChI=1S/C26H28F3N9/c1-37(2)12-11-31-16-21-13-23-25(33-10-9-32-24-8-3-18(14-30)15-34-24)35-22(17-38(23)36-21)19-4-6-20(7-5-19)26(27,28)29/h3-8,13,15,17,31H,9-12,16H2,1-2H3,(H,32,34)(H,33,35). The number of nitriles is 1. The number of rotatable bonds is 11. The van der Waals surface area contributed by atoms with Gasteiger partial charge in [-0.2, -0.15) is 23.5 Å². The van der Waals surface area contributed by atoms with Crippen LogP contribution in [0.3, 0.4) is 0 Å². The normalized spacial score (nSPS) is 11.6. The molecule has 0 fully saturated rings. The molecule has 0 aliphatic heterocycles. The maximum atomic E-state index is 13.0. The molecule has 0 saturated heterocycles. The molecule has 0 atom stereocenters. The van der Waals surface area contributed by atoms with Crippen LogP contribution in [0.25, 0.3) is 16.8 Å². The zero-order valence-electron chi connectivity index (χ0n) is 21.0. The van der Waals surface area contributed by atoms with Gasteiger partial charge in [-0.25, -0.2) is 14.5 Å². The van der Waals surface area contributed by atoms with E-state index < -0.39 is 11.7 Å². The van der Waals surface area contributed by atoms with Gasteiger partial charge in [0.2, 0.25) is 0 Å². The van der Waals surface area contributed by atoms with E-state index in [0.717, 1.165) is 36.4 Å². The molecule has 0 aliphatic rings. The summed E-state index contributed by atoms with van der Waals surface area (Å²) in [4.78, 5) is 11.0. The second kappa shape index (κ2) is 11.9. The van der Waals surface area contributed by atoms with Crippen LogP contribution < -0.4 is 16.0 Å². The number of benzene rings is 1. The largest absolute Gasteiger partial charge is 0.416 e. The summed E-state index contributed by atoms with van der Waals surface area (Å²) in [5.41, 5.74) is 2.37. The summed E-state index contributed by atoms with van der Waals surface area (Å²) in [5, 5.41) is 23.4. The molecule has 4 aromatic rings. The highest BCUT2D eigenvalue weighted by atomic mass is 19.4. The highest BCUT2D eigenvalue weighted by Crippen LogP contribution is 2.31. The number of nitrogens with zero attached hydrogens (tertiary/aromatic N) is 6. The first-order valence-corrected chi connectivity index (χ1v) is 12.0. The van der Waals surface area contributed by atoms with E-state index in [1.165, 1.54) is 18.3 Å². The lowest BCUT2D eigenvalue weighted by atomic mass is 10.1. The van der Waals surface area contributed by atoms with Gasteiger partial charge in [-0.1, -0.05) is 12.1 Å². The van der Waals surface area contributed by atoms with Crippen LogP contribution in [0.2, 0.25) is 0 Å². The van der Waals surface area contributed by atoms with Crippen LogP contribution in [-0.4, -0.2) is 64.8 Å². The number of alkyl halides is 3. The Morgan fingerprint density at radius 1 is 1.03 bits per heavy atom. The summed E-state index contributed by atoms with van der Waals surface area (Å²) in [5.74, 6) is 1.20. The summed E-state index contributed by atoms with van der Waals surface area (Å²) >= 11 is 0. The first kappa shape index (κ1) is 26.8. The lowest BCUT2D eigenvalue weighted by molar-refractivity contribution is -0.137. The summed E-state index contributed by atoms with van der Waals surface area (Å²) in [6, 6.07) is 12.3. The zero-order valence-corrected chi connectivity index (χ0v) is 21.0. The van der Waals surface area contributed by atoms with Crippen LogP contribution >= 0.6 is 0 Å². The van der Waals surface area contributed by atoms with Gasteiger partial charge < -0.3 is 20.9 Å². The molecule has 0 amide bonds. The Labute approximate surface area is 218 Å². The van der Waals surface area contributed by atoms with E-state index in [2.05, 4.69) is 30.9 Å². The Bertz CT molecular complexity index is 1390. The molecule has 38 heavy (non-hydrogen) atoms. The number of aromatic nitrogens is 4. The van der Waals surface area contributed by atoms with Crippen LogP contribution in [0.15, 0.2) is 54.9 Å². The third-order valence-corrected chi connectivity index (χ3v) is 5.67. The highest BCUT2D eigenvalue weighted by molar-refractivity contribution is 5.72. The minimum Gasteiger partial charge on any atom is -0.368 e. The number of nitrogens with one attached hydrogen (secondary N) is 3. The SMILES string of the molecule is CN(C)CCNCc1cc2c(NCCNc3ccc(C#N)cn3)nc(-c3ccc(C(F)(F)F)cc3)cn2n1. The topological polar surface area (TPSA) is 106 Å². The van der Waals surface area contributed by atoms with Crippen molar-refractivity contribution in [1.82, 2.24) is 29.8 Å². The predicted octanol–water partition coefficient (Wildman–Crippen LogP) is 3.86. The Morgan fingerprint density at radius 2 is 1.79 bits per heavy atom. The lowest BCUT2D eigenvalue weighted by Crippen LogP contribution is -2.26. The van der Waals surface area contributed by atoms with Gasteiger partial charge in [0.1, 0.15) is 17.4 Å². The van der Waals surface area contributed by atoms with Crippen LogP contribution in [0.5, 0.6) is 0 Å². The van der Waals surface area contributed by atoms with E-state index in [1.54, 1.807) is 22.8 Å². The average molecular weight is 524 g/mol. The van der Waals surface area contributed by atoms with Crippen LogP contribution in [0.1, 0.15) is 16.8 Å². The van der Waals surface area contributed by atoms with Gasteiger partial charge >= 0.3 is 6.18 Å². The highest BCUT2D eigenvalue weighted by Gasteiger charge is 2.30. The minimum absolute atomic E-state index is 0.480. The number of anilines is 2. The summed E-state index contributed by atoms with van der Waals surface area (Å²) < 4.78 is 40.8. The molecule has 3 aromatic heterocycles. The van der Waals surface area contributed by atoms with Crippen LogP contribution in [-0.2, 0) is 12.7 Å². The van der Waals surface area contributed by atoms with E-state index in [4.69, 9.17) is 10.2 Å². The van der Waals surface area contributed by atoms with E-state index in [1.807, 2.05) is 26.2 Å². The maximum Gasteiger partial charge on any atom is 0.416 e. The van der Waals surface area contributed by atoms with Crippen molar-refractivity contribution in [2.24, 2.45) is 0 Å². The Hall–Kier alpha value is -4.21. The van der Waals surface area contributed by atoms with E-state index in [9.17, 15) is 13.2 Å². The summed E-state index contributed by atoms with van der Waals surface area (Å²) in [6.07, 6.45) is -1.20. The fourth-order valence-corrected chi connectivity index (χ4v) is 3.68. The van der Waals surface area contributed by atoms with Gasteiger partial charge in [0, 0.05) is 44.5 Å². The first-order valence-electron chi connectivity index (χ1n) is 12.0. The van der Waals surface area contributed by atoms with Crippen LogP contribution in [0.4, 0.5) is 24.8 Å². The Balaban J connectivity index is 1.53.